The molecule has 0 unspecified atom stereocenters. The molecule has 242 valence electrons. The molecule has 0 saturated carbocycles. The van der Waals surface area contributed by atoms with Crippen LogP contribution in [0.15, 0.2) is 69.6 Å². The molecule has 4 aromatic carbocycles. The maximum atomic E-state index is 13.5. The van der Waals surface area contributed by atoms with E-state index in [4.69, 9.17) is 19.9 Å². The zero-order valence-electron chi connectivity index (χ0n) is 25.6. The van der Waals surface area contributed by atoms with E-state index in [9.17, 15) is 42.2 Å². The maximum absolute atomic E-state index is 13.5. The fraction of sp³-hybridized carbons (Fsp3) is 0.0741. The van der Waals surface area contributed by atoms with Gasteiger partial charge in [0.15, 0.2) is 23.1 Å². The van der Waals surface area contributed by atoms with Crippen LogP contribution in [0.2, 0.25) is 0 Å². The molecule has 1 N–H and O–H groups in total. The van der Waals surface area contributed by atoms with Gasteiger partial charge in [-0.15, -0.1) is 0 Å². The summed E-state index contributed by atoms with van der Waals surface area (Å²) >= 11 is 6.19. The van der Waals surface area contributed by atoms with Gasteiger partial charge in [-0.3, -0.25) is 25.0 Å². The number of nitro benzene ring substituents is 2. The molecule has 4 rings (SSSR count). The summed E-state index contributed by atoms with van der Waals surface area (Å²) in [6.45, 7) is 2.95. The van der Waals surface area contributed by atoms with Crippen LogP contribution in [0.1, 0.15) is 12.6 Å². The molecule has 47 heavy (non-hydrogen) atoms. The van der Waals surface area contributed by atoms with Crippen LogP contribution in [-0.2, 0) is 9.68 Å². The average molecular weight is 848 g/mol. The second kappa shape index (κ2) is 23.9. The van der Waals surface area contributed by atoms with Crippen LogP contribution in [0, 0.1) is 63.2 Å². The largest absolute Gasteiger partial charge is 1.00 e. The second-order valence-electron chi connectivity index (χ2n) is 8.06. The van der Waals surface area contributed by atoms with Crippen LogP contribution in [-0.4, -0.2) is 21.4 Å². The molecule has 0 aliphatic rings. The van der Waals surface area contributed by atoms with E-state index in [2.05, 4.69) is 36.7 Å². The number of carbonyl (C=O) groups is 1. The van der Waals surface area contributed by atoms with E-state index in [1.54, 1.807) is 13.8 Å². The molecule has 0 radical (unpaired) electrons. The predicted molar refractivity (Wildman–Crippen MR) is 154 cm³/mol. The summed E-state index contributed by atoms with van der Waals surface area (Å²) in [5, 5.41) is 38.2. The van der Waals surface area contributed by atoms with Gasteiger partial charge in [0.05, 0.1) is 22.0 Å². The summed E-state index contributed by atoms with van der Waals surface area (Å²) in [4.78, 5) is 31.3. The normalized spacial score (nSPS) is 9.23. The van der Waals surface area contributed by atoms with Crippen LogP contribution < -0.4 is 113 Å². The van der Waals surface area contributed by atoms with Crippen molar-refractivity contribution >= 4 is 49.7 Å². The van der Waals surface area contributed by atoms with Gasteiger partial charge in [-0.1, -0.05) is 31.9 Å². The van der Waals surface area contributed by atoms with Gasteiger partial charge in [0.25, 0.3) is 17.8 Å². The van der Waals surface area contributed by atoms with E-state index in [1.807, 2.05) is 0 Å². The summed E-state index contributed by atoms with van der Waals surface area (Å²) in [5.74, 6) is -4.51. The fourth-order valence-corrected chi connectivity index (χ4v) is 3.73. The molecule has 0 heterocycles. The van der Waals surface area contributed by atoms with Crippen molar-refractivity contribution < 1.29 is 161 Å². The molecule has 4 aromatic rings. The maximum Gasteiger partial charge on any atom is 1.00 e. The van der Waals surface area contributed by atoms with Gasteiger partial charge < -0.3 is 21.4 Å². The van der Waals surface area contributed by atoms with Gasteiger partial charge in [0.2, 0.25) is 0 Å². The molecule has 0 spiro atoms. The molecule has 0 amide bonds. The van der Waals surface area contributed by atoms with E-state index in [0.717, 1.165) is 30.3 Å². The number of ether oxygens (including phenoxy) is 1. The number of phenols is 1. The number of halogens is 7. The fourth-order valence-electron chi connectivity index (χ4n) is 2.88. The molecule has 0 aliphatic carbocycles. The number of phenolic OH excluding ortho intramolecular Hbond substituents is 1. The Bertz CT molecular complexity index is 1700. The van der Waals surface area contributed by atoms with Crippen molar-refractivity contribution in [1.29, 1.82) is 0 Å². The monoisotopic (exact) mass is 846 g/mol. The van der Waals surface area contributed by atoms with Crippen molar-refractivity contribution in [2.45, 2.75) is 13.8 Å². The minimum absolute atomic E-state index is 0. The van der Waals surface area contributed by atoms with Crippen molar-refractivity contribution in [3.63, 3.8) is 0 Å². The number of hydrogen-bond acceptors (Lipinski definition) is 9. The molecule has 20 heteroatoms. The zero-order chi connectivity index (χ0) is 34.4. The van der Waals surface area contributed by atoms with Crippen LogP contribution in [0.3, 0.4) is 0 Å². The molecule has 0 aliphatic heterocycles. The number of aromatic hydroxyl groups is 1. The Hall–Kier alpha value is -1.41. The average Bonchev–Trinajstić information content (AvgIpc) is 2.96. The first kappa shape index (κ1) is 47.7. The minimum Gasteiger partial charge on any atom is -1.00 e. The minimum atomic E-state index is -0.935. The van der Waals surface area contributed by atoms with Crippen molar-refractivity contribution in [3.8, 4) is 17.2 Å². The smallest absolute Gasteiger partial charge is 1.00 e. The number of benzene rings is 4. The Morgan fingerprint density at radius 2 is 1.19 bits per heavy atom. The Morgan fingerprint density at radius 3 is 1.62 bits per heavy atom. The molecular weight excluding hydrogens is 829 g/mol. The van der Waals surface area contributed by atoms with Crippen molar-refractivity contribution in [2.75, 3.05) is 0 Å². The third-order valence-corrected chi connectivity index (χ3v) is 6.68. The molecule has 0 aromatic heterocycles. The summed E-state index contributed by atoms with van der Waals surface area (Å²) < 4.78 is 69.1. The van der Waals surface area contributed by atoms with Gasteiger partial charge in [-0.25, -0.2) is 22.0 Å². The Balaban J connectivity index is -0.000000622. The third kappa shape index (κ3) is 16.7. The van der Waals surface area contributed by atoms with Crippen molar-refractivity contribution in [2.24, 2.45) is 0 Å². The van der Waals surface area contributed by atoms with Crippen molar-refractivity contribution in [3.05, 3.63) is 130 Å². The standard InChI is InChI=1S/C13H8BrF2NO3.C7H5BrFNO2.C6H4F2O.CH2O3.2K.H/c1-7-10(14)5-9(6-12(7)17(18)19)20-13-3-2-8(15)4-11(13)16;1-4-6(8)2-5(9)3-7(4)10(11)12;7-4-1-2-6(9)5(8)3-4;2-1-4-3;;;/h2-6H,1H3;2-3H,1H3;1-3,9H;1,3H;;;/q;;;;2*+1;-1/p-1. The quantitative estimate of drug-likeness (QED) is 0.0788. The first-order chi connectivity index (χ1) is 21.0. The number of nitro groups is 2. The number of nitrogens with zero attached hydrogens (tertiary/aromatic N) is 2. The van der Waals surface area contributed by atoms with Crippen LogP contribution in [0.4, 0.5) is 33.3 Å². The predicted octanol–water partition coefficient (Wildman–Crippen LogP) is 1.77. The van der Waals surface area contributed by atoms with Gasteiger partial charge in [-0.05, 0) is 50.2 Å². The molecular formula is C27H19Br2F5K2N2O9. The number of hydrogen-bond donors (Lipinski definition) is 1. The van der Waals surface area contributed by atoms with E-state index in [1.165, 1.54) is 18.2 Å². The Kier molecular flexibility index (Phi) is 24.2. The SMILES string of the molecule is Cc1c(Br)cc(F)cc1[N+](=O)[O-].Cc1c(Br)cc(Oc2ccc(F)cc2F)cc1[N+](=O)[O-].O=CO[O-].Oc1ccc(F)cc1F.[H-].[K+].[K+]. The van der Waals surface area contributed by atoms with E-state index >= 15 is 0 Å². The Morgan fingerprint density at radius 1 is 0.745 bits per heavy atom. The summed E-state index contributed by atoms with van der Waals surface area (Å²) in [7, 11) is 0. The van der Waals surface area contributed by atoms with Crippen LogP contribution in [0.5, 0.6) is 17.2 Å². The molecule has 0 bridgehead atoms. The van der Waals surface area contributed by atoms with Gasteiger partial charge in [0.1, 0.15) is 23.2 Å². The Labute approximate surface area is 366 Å². The van der Waals surface area contributed by atoms with Gasteiger partial charge in [-0.2, -0.15) is 0 Å². The van der Waals surface area contributed by atoms with E-state index in [-0.39, 0.29) is 134 Å². The second-order valence-corrected chi connectivity index (χ2v) is 9.77. The first-order valence-electron chi connectivity index (χ1n) is 11.6. The van der Waals surface area contributed by atoms with Crippen LogP contribution in [0.25, 0.3) is 0 Å². The topological polar surface area (TPSA) is 165 Å². The summed E-state index contributed by atoms with van der Waals surface area (Å²) in [6, 6.07) is 10.2. The van der Waals surface area contributed by atoms with Crippen molar-refractivity contribution in [1.82, 2.24) is 0 Å². The van der Waals surface area contributed by atoms with Gasteiger partial charge >= 0.3 is 103 Å². The first-order valence-corrected chi connectivity index (χ1v) is 13.1. The van der Waals surface area contributed by atoms with E-state index in [0.29, 0.717) is 32.2 Å². The van der Waals surface area contributed by atoms with E-state index < -0.39 is 44.7 Å². The molecule has 0 saturated heterocycles. The number of rotatable bonds is 5. The summed E-state index contributed by atoms with van der Waals surface area (Å²) in [5.41, 5.74) is 0.502. The molecule has 11 nitrogen and oxygen atoms in total. The summed E-state index contributed by atoms with van der Waals surface area (Å²) in [6.07, 6.45) is 0. The third-order valence-electron chi connectivity index (χ3n) is 5.04. The van der Waals surface area contributed by atoms with Gasteiger partial charge in [0, 0.05) is 32.2 Å². The number of carbonyl (C=O) groups excluding carboxylic acids is 1. The molecule has 0 fully saturated rings. The van der Waals surface area contributed by atoms with Crippen LogP contribution >= 0.6 is 31.9 Å². The zero-order valence-corrected chi connectivity index (χ0v) is 34.0. The molecule has 0 atom stereocenters.